The van der Waals surface area contributed by atoms with Gasteiger partial charge in [0.05, 0.1) is 24.3 Å². The summed E-state index contributed by atoms with van der Waals surface area (Å²) in [6.45, 7) is 2.09. The number of unbranched alkanes of at least 4 members (excludes halogenated alkanes) is 3. The molecule has 2 fully saturated rings. The Labute approximate surface area is 220 Å². The van der Waals surface area contributed by atoms with Crippen LogP contribution in [0.2, 0.25) is 0 Å². The number of hydrogen-bond donors (Lipinski definition) is 3. The first-order valence-electron chi connectivity index (χ1n) is 12.9. The Morgan fingerprint density at radius 1 is 1.16 bits per heavy atom. The molecule has 1 aliphatic carbocycles. The van der Waals surface area contributed by atoms with E-state index in [4.69, 9.17) is 14.6 Å². The van der Waals surface area contributed by atoms with Gasteiger partial charge in [-0.15, -0.1) is 0 Å². The fourth-order valence-electron chi connectivity index (χ4n) is 5.11. The van der Waals surface area contributed by atoms with Crippen LogP contribution in [0, 0.1) is 6.92 Å². The average molecular weight is 534 g/mol. The molecule has 0 aromatic carbocycles. The molecule has 2 amide bonds. The molecule has 11 heteroatoms. The number of hydrogen-bond acceptors (Lipinski definition) is 8. The van der Waals surface area contributed by atoms with Crippen LogP contribution in [0.1, 0.15) is 77.0 Å². The van der Waals surface area contributed by atoms with Crippen molar-refractivity contribution in [1.82, 2.24) is 15.2 Å². The highest BCUT2D eigenvalue weighted by atomic mass is 32.2. The Morgan fingerprint density at radius 2 is 1.97 bits per heavy atom. The summed E-state index contributed by atoms with van der Waals surface area (Å²) in [6, 6.07) is 0.240. The number of amides is 2. The van der Waals surface area contributed by atoms with E-state index in [-0.39, 0.29) is 78.9 Å². The lowest BCUT2D eigenvalue weighted by Crippen LogP contribution is -2.36. The molecule has 0 unspecified atom stereocenters. The van der Waals surface area contributed by atoms with Gasteiger partial charge >= 0.3 is 12.0 Å². The Balaban J connectivity index is 1.28. The fourth-order valence-corrected chi connectivity index (χ4v) is 6.65. The van der Waals surface area contributed by atoms with Gasteiger partial charge in [-0.3, -0.25) is 14.4 Å². The zero-order chi connectivity index (χ0) is 26.5. The monoisotopic (exact) mass is 533 g/mol. The van der Waals surface area contributed by atoms with Crippen molar-refractivity contribution < 1.29 is 33.8 Å². The van der Waals surface area contributed by atoms with Gasteiger partial charge in [0, 0.05) is 48.4 Å². The molecule has 202 valence electrons. The summed E-state index contributed by atoms with van der Waals surface area (Å²) >= 11 is 1.85. The van der Waals surface area contributed by atoms with Crippen LogP contribution in [-0.2, 0) is 27.9 Å². The van der Waals surface area contributed by atoms with E-state index in [9.17, 15) is 19.2 Å². The van der Waals surface area contributed by atoms with Gasteiger partial charge < -0.3 is 29.8 Å². The fraction of sp³-hybridized carbons (Fsp3) is 0.615. The molecule has 0 spiro atoms. The first-order valence-corrected chi connectivity index (χ1v) is 13.9. The predicted octanol–water partition coefficient (Wildman–Crippen LogP) is 2.54. The van der Waals surface area contributed by atoms with E-state index < -0.39 is 0 Å². The molecule has 3 heterocycles. The number of nitrogens with one attached hydrogen (secondary N) is 2. The third-order valence-electron chi connectivity index (χ3n) is 7.26. The predicted molar refractivity (Wildman–Crippen MR) is 138 cm³/mol. The Hall–Kier alpha value is -2.79. The van der Waals surface area contributed by atoms with Crippen molar-refractivity contribution in [1.29, 1.82) is 0 Å². The van der Waals surface area contributed by atoms with Crippen LogP contribution in [-0.4, -0.2) is 69.5 Å². The first-order chi connectivity index (χ1) is 17.8. The highest BCUT2D eigenvalue weighted by Crippen LogP contribution is 2.33. The van der Waals surface area contributed by atoms with Crippen molar-refractivity contribution in [2.45, 2.75) is 75.8 Å². The van der Waals surface area contributed by atoms with Crippen LogP contribution in [0.25, 0.3) is 0 Å². The minimum atomic E-state index is -0.382. The molecular weight excluding hydrogens is 498 g/mol. The van der Waals surface area contributed by atoms with Gasteiger partial charge in [0.15, 0.2) is 5.76 Å². The van der Waals surface area contributed by atoms with Gasteiger partial charge in [0.2, 0.25) is 11.6 Å². The maximum absolute atomic E-state index is 13.2. The summed E-state index contributed by atoms with van der Waals surface area (Å²) < 4.78 is 12.8. The van der Waals surface area contributed by atoms with E-state index in [0.717, 1.165) is 25.0 Å². The largest absolute Gasteiger partial charge is 0.489 e. The minimum absolute atomic E-state index is 0.000323. The molecule has 10 nitrogen and oxygen atoms in total. The summed E-state index contributed by atoms with van der Waals surface area (Å²) in [6.07, 6.45) is 6.01. The van der Waals surface area contributed by atoms with Gasteiger partial charge in [0.1, 0.15) is 12.3 Å². The number of ketones is 2. The normalized spacial score (nSPS) is 22.3. The van der Waals surface area contributed by atoms with Gasteiger partial charge in [-0.2, -0.15) is 11.8 Å². The van der Waals surface area contributed by atoms with Gasteiger partial charge in [0.25, 0.3) is 0 Å². The molecule has 2 aliphatic heterocycles. The molecular formula is C26H35N3O7S. The number of esters is 1. The second kappa shape index (κ2) is 12.2. The standard InChI is InChI=1S/C26H35N3O7S/c1-15-16(13-36-21(32)9-5-4-8-20-23-17(14-37-20)27-26(34)28-23)22-24(29(15)2)18(31)12-19(25(22)33)35-11-7-3-6-10-30/h12,17,20,23,30H,3-11,13-14H2,1-2H3,(H2,27,28,34)/t17-,20-,23-/m0/s1. The number of rotatable bonds is 13. The van der Waals surface area contributed by atoms with Crippen LogP contribution in [0.5, 0.6) is 0 Å². The lowest BCUT2D eigenvalue weighted by molar-refractivity contribution is -0.145. The van der Waals surface area contributed by atoms with Crippen LogP contribution in [0.15, 0.2) is 11.8 Å². The maximum atomic E-state index is 13.2. The Morgan fingerprint density at radius 3 is 2.76 bits per heavy atom. The molecule has 0 saturated carbocycles. The van der Waals surface area contributed by atoms with Crippen molar-refractivity contribution in [2.24, 2.45) is 7.05 Å². The number of Topliss-reactive ketones (excluding diaryl/α,β-unsaturated/α-hetero) is 1. The number of fused-ring (bicyclic) bond motifs is 2. The average Bonchev–Trinajstić information content (AvgIpc) is 3.50. The number of aromatic nitrogens is 1. The third-order valence-corrected chi connectivity index (χ3v) is 8.76. The van der Waals surface area contributed by atoms with E-state index in [2.05, 4.69) is 10.6 Å². The minimum Gasteiger partial charge on any atom is -0.489 e. The number of nitrogens with zero attached hydrogens (tertiary/aromatic N) is 1. The second-order valence-corrected chi connectivity index (χ2v) is 11.0. The van der Waals surface area contributed by atoms with Gasteiger partial charge in [-0.05, 0) is 39.0 Å². The Bertz CT molecular complexity index is 1100. The van der Waals surface area contributed by atoms with Crippen molar-refractivity contribution in [3.8, 4) is 0 Å². The highest BCUT2D eigenvalue weighted by Gasteiger charge is 2.42. The first kappa shape index (κ1) is 27.3. The molecule has 3 atom stereocenters. The highest BCUT2D eigenvalue weighted by molar-refractivity contribution is 8.00. The SMILES string of the molecule is Cc1c(COC(=O)CCCC[C@@H]2SC[C@@H]3NC(=O)N[C@@H]32)c2c(n1C)C(=O)C=C(OCCCCCO)C2=O. The zero-order valence-electron chi connectivity index (χ0n) is 21.3. The molecule has 0 radical (unpaired) electrons. The topological polar surface area (TPSA) is 136 Å². The Kier molecular flexibility index (Phi) is 8.96. The number of allylic oxidation sites excluding steroid dienone is 2. The summed E-state index contributed by atoms with van der Waals surface area (Å²) in [5.74, 6) is -0.143. The van der Waals surface area contributed by atoms with E-state index in [1.807, 2.05) is 11.8 Å². The van der Waals surface area contributed by atoms with E-state index >= 15 is 0 Å². The number of urea groups is 1. The molecule has 4 rings (SSSR count). The molecule has 1 aromatic heterocycles. The second-order valence-electron chi connectivity index (χ2n) is 9.71. The van der Waals surface area contributed by atoms with Crippen molar-refractivity contribution >= 4 is 35.3 Å². The smallest absolute Gasteiger partial charge is 0.315 e. The number of aliphatic hydroxyl groups excluding tert-OH is 1. The molecule has 0 bridgehead atoms. The van der Waals surface area contributed by atoms with E-state index in [0.29, 0.717) is 35.8 Å². The van der Waals surface area contributed by atoms with Crippen molar-refractivity contribution in [2.75, 3.05) is 19.0 Å². The number of ether oxygens (including phenoxy) is 2. The van der Waals surface area contributed by atoms with E-state index in [1.165, 1.54) is 6.08 Å². The van der Waals surface area contributed by atoms with Crippen molar-refractivity contribution in [3.05, 3.63) is 34.3 Å². The van der Waals surface area contributed by atoms with Crippen molar-refractivity contribution in [3.63, 3.8) is 0 Å². The van der Waals surface area contributed by atoms with Gasteiger partial charge in [-0.1, -0.05) is 6.42 Å². The van der Waals surface area contributed by atoms with Gasteiger partial charge in [-0.25, -0.2) is 4.79 Å². The van der Waals surface area contributed by atoms with E-state index in [1.54, 1.807) is 18.5 Å². The molecule has 37 heavy (non-hydrogen) atoms. The number of aliphatic hydroxyl groups is 1. The summed E-state index contributed by atoms with van der Waals surface area (Å²) in [5, 5.41) is 15.1. The zero-order valence-corrected chi connectivity index (χ0v) is 22.2. The summed E-state index contributed by atoms with van der Waals surface area (Å²) in [4.78, 5) is 49.9. The summed E-state index contributed by atoms with van der Waals surface area (Å²) in [7, 11) is 1.72. The van der Waals surface area contributed by atoms with Crippen LogP contribution < -0.4 is 10.6 Å². The molecule has 3 aliphatic rings. The quantitative estimate of drug-likeness (QED) is 0.200. The number of carbonyl (C=O) groups excluding carboxylic acids is 4. The summed E-state index contributed by atoms with van der Waals surface area (Å²) in [5.41, 5.74) is 1.74. The molecule has 2 saturated heterocycles. The lowest BCUT2D eigenvalue weighted by atomic mass is 9.96. The third kappa shape index (κ3) is 6.04. The molecule has 1 aromatic rings. The molecule has 3 N–H and O–H groups in total. The maximum Gasteiger partial charge on any atom is 0.315 e. The lowest BCUT2D eigenvalue weighted by Gasteiger charge is -2.16. The van der Waals surface area contributed by atoms with Crippen LogP contribution in [0.4, 0.5) is 4.79 Å². The van der Waals surface area contributed by atoms with Crippen LogP contribution in [0.3, 0.4) is 0 Å². The van der Waals surface area contributed by atoms with Crippen LogP contribution >= 0.6 is 11.8 Å². The number of carbonyl (C=O) groups is 4. The number of thioether (sulfide) groups is 1.